The van der Waals surface area contributed by atoms with Gasteiger partial charge in [0.05, 0.1) is 12.1 Å². The van der Waals surface area contributed by atoms with Crippen LogP contribution in [-0.2, 0) is 10.0 Å². The number of sulfonamides is 1. The Kier molecular flexibility index (Phi) is 4.47. The molecule has 0 amide bonds. The molecule has 0 spiro atoms. The minimum atomic E-state index is -6.03. The number of halogens is 6. The normalized spacial score (nSPS) is 14.4. The molecule has 0 aromatic heterocycles. The maximum Gasteiger partial charge on any atom is 0.518 e. The Hall–Kier alpha value is -1.58. The predicted octanol–water partition coefficient (Wildman–Crippen LogP) is 3.28. The van der Waals surface area contributed by atoms with Crippen molar-refractivity contribution in [2.45, 2.75) is 18.1 Å². The van der Waals surface area contributed by atoms with Gasteiger partial charge in [-0.2, -0.15) is 39.2 Å². The quantitative estimate of drug-likeness (QED) is 0.634. The van der Waals surface area contributed by atoms with Crippen LogP contribution in [0.5, 0.6) is 0 Å². The molecular weight excluding hydrogens is 312 g/mol. The lowest BCUT2D eigenvalue weighted by molar-refractivity contribution is -0.121. The van der Waals surface area contributed by atoms with E-state index in [4.69, 9.17) is 0 Å². The van der Waals surface area contributed by atoms with Gasteiger partial charge < -0.3 is 0 Å². The Morgan fingerprint density at radius 2 is 1.50 bits per heavy atom. The molecule has 0 fully saturated rings. The van der Waals surface area contributed by atoms with Gasteiger partial charge in [0, 0.05) is 0 Å². The molecule has 1 rings (SSSR count). The van der Waals surface area contributed by atoms with Crippen molar-refractivity contribution in [2.24, 2.45) is 4.40 Å². The van der Waals surface area contributed by atoms with Crippen LogP contribution in [0.15, 0.2) is 34.7 Å². The van der Waals surface area contributed by atoms with E-state index in [9.17, 15) is 34.8 Å². The van der Waals surface area contributed by atoms with E-state index in [1.807, 2.05) is 0 Å². The zero-order chi connectivity index (χ0) is 15.6. The third kappa shape index (κ3) is 4.51. The van der Waals surface area contributed by atoms with Crippen LogP contribution in [-0.4, -0.2) is 25.8 Å². The zero-order valence-corrected chi connectivity index (χ0v) is 10.4. The van der Waals surface area contributed by atoms with Crippen LogP contribution >= 0.6 is 0 Å². The van der Waals surface area contributed by atoms with Crippen LogP contribution < -0.4 is 0 Å². The lowest BCUT2D eigenvalue weighted by Gasteiger charge is -2.11. The van der Waals surface area contributed by atoms with Crippen LogP contribution in [0.25, 0.3) is 0 Å². The minimum Gasteiger partial charge on any atom is -0.195 e. The van der Waals surface area contributed by atoms with Crippen molar-refractivity contribution in [2.75, 3.05) is 0 Å². The number of hydrogen-bond acceptors (Lipinski definition) is 2. The molecule has 1 aromatic rings. The summed E-state index contributed by atoms with van der Waals surface area (Å²) < 4.78 is 97.4. The van der Waals surface area contributed by atoms with E-state index in [1.165, 1.54) is 18.2 Å². The largest absolute Gasteiger partial charge is 0.518 e. The fourth-order valence-electron chi connectivity index (χ4n) is 1.20. The van der Waals surface area contributed by atoms with Gasteiger partial charge >= 0.3 is 21.7 Å². The zero-order valence-electron chi connectivity index (χ0n) is 9.53. The second-order valence-electron chi connectivity index (χ2n) is 3.62. The van der Waals surface area contributed by atoms with Gasteiger partial charge in [0.2, 0.25) is 0 Å². The third-order valence-corrected chi connectivity index (χ3v) is 3.04. The van der Waals surface area contributed by atoms with Crippen molar-refractivity contribution in [1.82, 2.24) is 0 Å². The molecule has 1 aromatic carbocycles. The summed E-state index contributed by atoms with van der Waals surface area (Å²) >= 11 is 0. The number of alkyl halides is 6. The summed E-state index contributed by atoms with van der Waals surface area (Å²) in [5.41, 5.74) is -7.31. The molecule has 0 unspecified atom stereocenters. The molecule has 0 aliphatic rings. The van der Waals surface area contributed by atoms with Gasteiger partial charge in [0.1, 0.15) is 0 Å². The summed E-state index contributed by atoms with van der Waals surface area (Å²) in [5.74, 6) is 0. The Labute approximate surface area is 110 Å². The van der Waals surface area contributed by atoms with E-state index < -0.39 is 33.8 Å². The Bertz CT molecular complexity index is 588. The van der Waals surface area contributed by atoms with E-state index in [0.717, 1.165) is 12.1 Å². The Balaban J connectivity index is 3.33. The molecule has 0 aliphatic carbocycles. The number of rotatable bonds is 3. The second kappa shape index (κ2) is 5.43. The lowest BCUT2D eigenvalue weighted by atomic mass is 10.1. The van der Waals surface area contributed by atoms with Crippen molar-refractivity contribution < 1.29 is 34.8 Å². The fourth-order valence-corrected chi connectivity index (χ4v) is 1.77. The number of nitrogens with zero attached hydrogens (tertiary/aromatic N) is 1. The monoisotopic (exact) mass is 319 g/mol. The van der Waals surface area contributed by atoms with Crippen LogP contribution in [0.1, 0.15) is 12.0 Å². The molecule has 0 saturated carbocycles. The average molecular weight is 319 g/mol. The molecule has 112 valence electrons. The van der Waals surface area contributed by atoms with E-state index >= 15 is 0 Å². The minimum absolute atomic E-state index is 0.349. The molecule has 0 heterocycles. The van der Waals surface area contributed by atoms with Crippen LogP contribution in [0.2, 0.25) is 0 Å². The van der Waals surface area contributed by atoms with Crippen LogP contribution in [0.4, 0.5) is 26.3 Å². The smallest absolute Gasteiger partial charge is 0.195 e. The molecule has 0 bridgehead atoms. The van der Waals surface area contributed by atoms with Gasteiger partial charge in [-0.25, -0.2) is 0 Å². The van der Waals surface area contributed by atoms with Crippen LogP contribution in [0, 0.1) is 0 Å². The Morgan fingerprint density at radius 1 is 1.00 bits per heavy atom. The first-order valence-corrected chi connectivity index (χ1v) is 6.39. The van der Waals surface area contributed by atoms with E-state index in [0.29, 0.717) is 0 Å². The summed E-state index contributed by atoms with van der Waals surface area (Å²) in [6.07, 6.45) is -6.78. The molecule has 0 atom stereocenters. The predicted molar refractivity (Wildman–Crippen MR) is 58.6 cm³/mol. The summed E-state index contributed by atoms with van der Waals surface area (Å²) in [6, 6.07) is 5.99. The molecule has 20 heavy (non-hydrogen) atoms. The maximum absolute atomic E-state index is 12.3. The first-order valence-electron chi connectivity index (χ1n) is 4.95. The summed E-state index contributed by atoms with van der Waals surface area (Å²) in [6.45, 7) is 0. The number of hydrogen-bond donors (Lipinski definition) is 0. The standard InChI is InChI=1S/C10H7F6NO2S/c11-9(12,13)6-8(7-4-2-1-3-5-7)17-20(18,19)10(14,15)16/h1-5H,6H2/b17-8-. The van der Waals surface area contributed by atoms with Crippen molar-refractivity contribution in [3.63, 3.8) is 0 Å². The fraction of sp³-hybridized carbons (Fsp3) is 0.300. The highest BCUT2D eigenvalue weighted by Gasteiger charge is 2.46. The summed E-state index contributed by atoms with van der Waals surface area (Å²) in [7, 11) is -6.03. The summed E-state index contributed by atoms with van der Waals surface area (Å²) in [5, 5.41) is 0. The first-order chi connectivity index (χ1) is 8.92. The molecular formula is C10H7F6NO2S. The highest BCUT2D eigenvalue weighted by molar-refractivity contribution is 7.91. The van der Waals surface area contributed by atoms with Gasteiger partial charge in [0.25, 0.3) is 0 Å². The van der Waals surface area contributed by atoms with E-state index in [-0.39, 0.29) is 5.56 Å². The summed E-state index contributed by atoms with van der Waals surface area (Å²) in [4.78, 5) is 0. The lowest BCUT2D eigenvalue weighted by Crippen LogP contribution is -2.24. The molecule has 0 aliphatic heterocycles. The number of benzene rings is 1. The SMILES string of the molecule is O=S(=O)(/N=C(/CC(F)(F)F)c1ccccc1)C(F)(F)F. The molecule has 3 nitrogen and oxygen atoms in total. The van der Waals surface area contributed by atoms with Crippen molar-refractivity contribution in [1.29, 1.82) is 0 Å². The average Bonchev–Trinajstić information content (AvgIpc) is 2.25. The van der Waals surface area contributed by atoms with Gasteiger partial charge in [-0.15, -0.1) is 0 Å². The van der Waals surface area contributed by atoms with Crippen molar-refractivity contribution in [3.05, 3.63) is 35.9 Å². The molecule has 0 saturated heterocycles. The molecule has 0 radical (unpaired) electrons. The highest BCUT2D eigenvalue weighted by Crippen LogP contribution is 2.28. The van der Waals surface area contributed by atoms with Gasteiger partial charge in [-0.3, -0.25) is 0 Å². The van der Waals surface area contributed by atoms with Gasteiger partial charge in [0.15, 0.2) is 0 Å². The third-order valence-electron chi connectivity index (χ3n) is 2.00. The molecule has 10 heteroatoms. The topological polar surface area (TPSA) is 46.5 Å². The Morgan fingerprint density at radius 3 is 1.90 bits per heavy atom. The highest BCUT2D eigenvalue weighted by atomic mass is 32.2. The van der Waals surface area contributed by atoms with E-state index in [2.05, 4.69) is 4.40 Å². The van der Waals surface area contributed by atoms with Crippen molar-refractivity contribution in [3.8, 4) is 0 Å². The van der Waals surface area contributed by atoms with Gasteiger partial charge in [-0.1, -0.05) is 30.3 Å². The van der Waals surface area contributed by atoms with Crippen LogP contribution in [0.3, 0.4) is 0 Å². The van der Waals surface area contributed by atoms with Crippen molar-refractivity contribution >= 4 is 15.7 Å². The maximum atomic E-state index is 12.3. The molecule has 0 N–H and O–H groups in total. The second-order valence-corrected chi connectivity index (χ2v) is 5.21. The van der Waals surface area contributed by atoms with Gasteiger partial charge in [-0.05, 0) is 5.56 Å². The first kappa shape index (κ1) is 16.5. The van der Waals surface area contributed by atoms with E-state index in [1.54, 1.807) is 0 Å².